The van der Waals surface area contributed by atoms with Crippen LogP contribution in [0.1, 0.15) is 74.8 Å². The van der Waals surface area contributed by atoms with Crippen LogP contribution < -0.4 is 15.4 Å². The highest BCUT2D eigenvalue weighted by Gasteiger charge is 2.49. The predicted molar refractivity (Wildman–Crippen MR) is 133 cm³/mol. The van der Waals surface area contributed by atoms with Gasteiger partial charge < -0.3 is 24.6 Å². The smallest absolute Gasteiger partial charge is 0.291 e. The summed E-state index contributed by atoms with van der Waals surface area (Å²) < 4.78 is 17.5. The van der Waals surface area contributed by atoms with Crippen molar-refractivity contribution < 1.29 is 18.8 Å². The third-order valence-electron chi connectivity index (χ3n) is 8.60. The van der Waals surface area contributed by atoms with Gasteiger partial charge in [-0.1, -0.05) is 19.3 Å². The van der Waals surface area contributed by atoms with E-state index >= 15 is 0 Å². The second kappa shape index (κ2) is 11.0. The Labute approximate surface area is 212 Å². The number of ether oxygens (including phenoxy) is 2. The number of nitrogens with zero attached hydrogens (tertiary/aromatic N) is 1. The van der Waals surface area contributed by atoms with Crippen molar-refractivity contribution in [2.45, 2.75) is 86.5 Å². The number of aromatic nitrogens is 1. The molecule has 5 aliphatic carbocycles. The molecule has 7 rings (SSSR count). The average Bonchev–Trinajstić information content (AvgIpc) is 3.23. The largest absolute Gasteiger partial charge is 0.472 e. The van der Waals surface area contributed by atoms with Crippen LogP contribution in [0, 0.1) is 23.7 Å². The van der Waals surface area contributed by atoms with E-state index < -0.39 is 0 Å². The van der Waals surface area contributed by atoms with Gasteiger partial charge in [-0.15, -0.1) is 24.2 Å². The minimum Gasteiger partial charge on any atom is -0.472 e. The molecule has 1 aliphatic heterocycles. The van der Waals surface area contributed by atoms with Crippen LogP contribution in [0.5, 0.6) is 5.88 Å². The summed E-state index contributed by atoms with van der Waals surface area (Å²) in [6.07, 6.45) is 12.7. The summed E-state index contributed by atoms with van der Waals surface area (Å²) in [6, 6.07) is 0.286. The van der Waals surface area contributed by atoms with E-state index in [4.69, 9.17) is 14.0 Å². The molecule has 2 N–H and O–H groups in total. The summed E-state index contributed by atoms with van der Waals surface area (Å²) in [5.74, 6) is 3.74. The molecule has 6 fully saturated rings. The summed E-state index contributed by atoms with van der Waals surface area (Å²) in [4.78, 5) is 14.3. The maximum atomic E-state index is 13.5. The number of carbonyl (C=O) groups excluding carboxylic acids is 1. The van der Waals surface area contributed by atoms with Crippen molar-refractivity contribution in [2.75, 3.05) is 26.3 Å². The van der Waals surface area contributed by atoms with Crippen molar-refractivity contribution in [2.24, 2.45) is 23.7 Å². The Morgan fingerprint density at radius 1 is 1.09 bits per heavy atom. The van der Waals surface area contributed by atoms with E-state index in [1.165, 1.54) is 64.2 Å². The molecule has 1 unspecified atom stereocenters. The van der Waals surface area contributed by atoms with E-state index in [0.717, 1.165) is 29.8 Å². The molecule has 190 valence electrons. The van der Waals surface area contributed by atoms with Crippen LogP contribution >= 0.6 is 24.2 Å². The monoisotopic (exact) mass is 511 g/mol. The first-order valence-corrected chi connectivity index (χ1v) is 14.0. The fourth-order valence-electron chi connectivity index (χ4n) is 7.23. The van der Waals surface area contributed by atoms with Gasteiger partial charge in [0.25, 0.3) is 11.8 Å². The molecule has 2 heterocycles. The van der Waals surface area contributed by atoms with Gasteiger partial charge in [0, 0.05) is 24.4 Å². The van der Waals surface area contributed by atoms with Crippen molar-refractivity contribution in [3.63, 3.8) is 0 Å². The van der Waals surface area contributed by atoms with E-state index in [2.05, 4.69) is 15.8 Å². The first-order valence-electron chi connectivity index (χ1n) is 13.1. The molecule has 9 heteroatoms. The molecular weight excluding hydrogens is 474 g/mol. The highest BCUT2D eigenvalue weighted by atomic mass is 35.5. The Kier molecular flexibility index (Phi) is 7.98. The molecule has 6 aliphatic rings. The van der Waals surface area contributed by atoms with E-state index in [9.17, 15) is 4.79 Å². The van der Waals surface area contributed by atoms with E-state index in [1.54, 1.807) is 11.8 Å². The average molecular weight is 512 g/mol. The number of halogens is 1. The van der Waals surface area contributed by atoms with Gasteiger partial charge in [0.05, 0.1) is 6.61 Å². The molecule has 1 aromatic rings. The minimum absolute atomic E-state index is 0. The first kappa shape index (κ1) is 24.7. The van der Waals surface area contributed by atoms with Gasteiger partial charge in [0.2, 0.25) is 5.76 Å². The molecule has 34 heavy (non-hydrogen) atoms. The van der Waals surface area contributed by atoms with E-state index in [1.807, 2.05) is 0 Å². The van der Waals surface area contributed by atoms with Crippen molar-refractivity contribution in [1.29, 1.82) is 0 Å². The third kappa shape index (κ3) is 5.25. The number of hydrogen-bond acceptors (Lipinski definition) is 7. The van der Waals surface area contributed by atoms with Crippen molar-refractivity contribution in [3.05, 3.63) is 5.76 Å². The van der Waals surface area contributed by atoms with Crippen LogP contribution in [0.2, 0.25) is 0 Å². The van der Waals surface area contributed by atoms with Crippen LogP contribution in [0.3, 0.4) is 0 Å². The number of amides is 1. The van der Waals surface area contributed by atoms with Gasteiger partial charge in [0.15, 0.2) is 0 Å². The number of rotatable bonds is 7. The highest BCUT2D eigenvalue weighted by molar-refractivity contribution is 8.00. The number of carbonyl (C=O) groups is 1. The normalized spacial score (nSPS) is 35.1. The maximum absolute atomic E-state index is 13.5. The Bertz CT molecular complexity index is 812. The van der Waals surface area contributed by atoms with Crippen LogP contribution in [0.4, 0.5) is 0 Å². The molecule has 1 saturated heterocycles. The second-order valence-electron chi connectivity index (χ2n) is 11.0. The zero-order chi connectivity index (χ0) is 22.2. The predicted octanol–water partition coefficient (Wildman–Crippen LogP) is 4.44. The van der Waals surface area contributed by atoms with Crippen LogP contribution in [0.15, 0.2) is 9.42 Å². The first-order chi connectivity index (χ1) is 16.2. The van der Waals surface area contributed by atoms with Gasteiger partial charge in [-0.25, -0.2) is 0 Å². The zero-order valence-electron chi connectivity index (χ0n) is 19.8. The third-order valence-corrected chi connectivity index (χ3v) is 10.00. The lowest BCUT2D eigenvalue weighted by Crippen LogP contribution is -2.55. The zero-order valence-corrected chi connectivity index (χ0v) is 21.5. The highest BCUT2D eigenvalue weighted by Crippen LogP contribution is 2.53. The Morgan fingerprint density at radius 3 is 2.50 bits per heavy atom. The molecule has 7 nitrogen and oxygen atoms in total. The quantitative estimate of drug-likeness (QED) is 0.559. The summed E-state index contributed by atoms with van der Waals surface area (Å²) in [6.45, 7) is 2.74. The topological polar surface area (TPSA) is 85.6 Å². The Balaban J connectivity index is 0.00000241. The lowest BCUT2D eigenvalue weighted by Gasteiger charge is -2.54. The van der Waals surface area contributed by atoms with Gasteiger partial charge >= 0.3 is 0 Å². The molecule has 0 aromatic carbocycles. The fourth-order valence-corrected chi connectivity index (χ4v) is 8.57. The molecule has 1 atom stereocenters. The van der Waals surface area contributed by atoms with E-state index in [-0.39, 0.29) is 30.5 Å². The Hall–Kier alpha value is -0.960. The molecule has 5 saturated carbocycles. The number of thioether (sulfide) groups is 1. The summed E-state index contributed by atoms with van der Waals surface area (Å²) in [5.41, 5.74) is 0. The van der Waals surface area contributed by atoms with Gasteiger partial charge in [-0.05, 0) is 73.8 Å². The molecule has 1 amide bonds. The molecule has 0 spiro atoms. The number of nitrogens with one attached hydrogen (secondary N) is 2. The van der Waals surface area contributed by atoms with Crippen molar-refractivity contribution >= 4 is 30.1 Å². The van der Waals surface area contributed by atoms with Crippen LogP contribution in [-0.4, -0.2) is 54.8 Å². The van der Waals surface area contributed by atoms with Crippen LogP contribution in [-0.2, 0) is 4.74 Å². The Morgan fingerprint density at radius 2 is 1.82 bits per heavy atom. The molecule has 4 bridgehead atoms. The second-order valence-corrected chi connectivity index (χ2v) is 12.3. The van der Waals surface area contributed by atoms with Crippen LogP contribution in [0.25, 0.3) is 0 Å². The van der Waals surface area contributed by atoms with Gasteiger partial charge in [-0.3, -0.25) is 4.79 Å². The minimum atomic E-state index is -0.108. The standard InChI is InChI=1S/C25H37N3O4S.ClH/c29-24(27-21-17-9-15-8-16(11-17)12-18(21)10-15)22-23(33-20-4-2-1-3-5-20)25(28-32-22)31-14-19-13-26-6-7-30-19;/h15-21,26H,1-14H2,(H,27,29);1H. The molecule has 0 radical (unpaired) electrons. The van der Waals surface area contributed by atoms with Crippen molar-refractivity contribution in [3.8, 4) is 5.88 Å². The summed E-state index contributed by atoms with van der Waals surface area (Å²) in [5, 5.41) is 11.4. The number of morpholine rings is 1. The van der Waals surface area contributed by atoms with E-state index in [0.29, 0.717) is 41.9 Å². The maximum Gasteiger partial charge on any atom is 0.291 e. The van der Waals surface area contributed by atoms with Gasteiger partial charge in [-0.2, -0.15) is 0 Å². The molecular formula is C25H38ClN3O4S. The molecule has 1 aromatic heterocycles. The van der Waals surface area contributed by atoms with Gasteiger partial charge in [0.1, 0.15) is 17.6 Å². The number of hydrogen-bond donors (Lipinski definition) is 2. The lowest BCUT2D eigenvalue weighted by molar-refractivity contribution is -0.0124. The summed E-state index contributed by atoms with van der Waals surface area (Å²) in [7, 11) is 0. The van der Waals surface area contributed by atoms with Crippen molar-refractivity contribution in [1.82, 2.24) is 15.8 Å². The fraction of sp³-hybridized carbons (Fsp3) is 0.840. The lowest BCUT2D eigenvalue weighted by atomic mass is 9.54. The summed E-state index contributed by atoms with van der Waals surface area (Å²) >= 11 is 1.73. The SMILES string of the molecule is Cl.O=C(NC1C2CC3CC(C2)CC1C3)c1onc(OCC2CNCCO2)c1SC1CCCCC1.